The Morgan fingerprint density at radius 1 is 1.50 bits per heavy atom. The van der Waals surface area contributed by atoms with Crippen LogP contribution >= 0.6 is 11.8 Å². The Morgan fingerprint density at radius 2 is 2.19 bits per heavy atom. The summed E-state index contributed by atoms with van der Waals surface area (Å²) in [5.41, 5.74) is 3.03. The highest BCUT2D eigenvalue weighted by atomic mass is 32.2. The van der Waals surface area contributed by atoms with Crippen LogP contribution in [0.25, 0.3) is 0 Å². The number of aryl methyl sites for hydroxylation is 1. The van der Waals surface area contributed by atoms with Gasteiger partial charge in [-0.15, -0.1) is 0 Å². The highest BCUT2D eigenvalue weighted by Gasteiger charge is 2.13. The Morgan fingerprint density at radius 3 is 2.69 bits per heavy atom. The second-order valence-corrected chi connectivity index (χ2v) is 4.92. The van der Waals surface area contributed by atoms with E-state index >= 15 is 0 Å². The summed E-state index contributed by atoms with van der Waals surface area (Å²) in [4.78, 5) is 11.9. The Bertz CT molecular complexity index is 371. The monoisotopic (exact) mass is 241 g/mol. The van der Waals surface area contributed by atoms with Crippen molar-refractivity contribution >= 4 is 17.5 Å². The number of hydrogen-bond donors (Lipinski definition) is 0. The lowest BCUT2D eigenvalue weighted by molar-refractivity contribution is 0.102. The molecule has 0 saturated carbocycles. The maximum atomic E-state index is 11.9. The summed E-state index contributed by atoms with van der Waals surface area (Å²) < 4.78 is 6.99. The van der Waals surface area contributed by atoms with E-state index in [9.17, 15) is 4.79 Å². The van der Waals surface area contributed by atoms with E-state index in [2.05, 4.69) is 0 Å². The normalized spacial score (nSPS) is 10.8. The molecule has 0 atom stereocenters. The Balaban J connectivity index is 2.56. The van der Waals surface area contributed by atoms with E-state index < -0.39 is 0 Å². The number of rotatable bonds is 6. The summed E-state index contributed by atoms with van der Waals surface area (Å²) in [6, 6.07) is 1.97. The molecule has 4 heteroatoms. The molecule has 0 radical (unpaired) electrons. The standard InChI is InChI=1S/C12H19NO2S/c1-9-7-11(10(2)13(9)3)12(14)8-16-6-5-15-4/h7H,5-6,8H2,1-4H3. The van der Waals surface area contributed by atoms with Gasteiger partial charge in [0.1, 0.15) is 0 Å². The van der Waals surface area contributed by atoms with Crippen molar-refractivity contribution in [2.45, 2.75) is 13.8 Å². The molecule has 1 aromatic heterocycles. The molecule has 0 spiro atoms. The van der Waals surface area contributed by atoms with E-state index in [1.807, 2.05) is 31.5 Å². The van der Waals surface area contributed by atoms with Crippen molar-refractivity contribution in [3.05, 3.63) is 23.0 Å². The average molecular weight is 241 g/mol. The predicted molar refractivity (Wildman–Crippen MR) is 68.4 cm³/mol. The molecular weight excluding hydrogens is 222 g/mol. The Kier molecular flexibility index (Phi) is 5.09. The first kappa shape index (κ1) is 13.3. The number of carbonyl (C=O) groups is 1. The van der Waals surface area contributed by atoms with E-state index in [4.69, 9.17) is 4.74 Å². The van der Waals surface area contributed by atoms with Crippen LogP contribution in [0.3, 0.4) is 0 Å². The first-order chi connectivity index (χ1) is 7.57. The van der Waals surface area contributed by atoms with Gasteiger partial charge < -0.3 is 9.30 Å². The zero-order valence-electron chi connectivity index (χ0n) is 10.4. The summed E-state index contributed by atoms with van der Waals surface area (Å²) in [5.74, 6) is 1.61. The zero-order valence-corrected chi connectivity index (χ0v) is 11.2. The van der Waals surface area contributed by atoms with Gasteiger partial charge in [0.05, 0.1) is 12.4 Å². The van der Waals surface area contributed by atoms with Gasteiger partial charge in [-0.05, 0) is 19.9 Å². The van der Waals surface area contributed by atoms with Gasteiger partial charge in [-0.25, -0.2) is 0 Å². The van der Waals surface area contributed by atoms with Gasteiger partial charge in [-0.1, -0.05) is 0 Å². The fraction of sp³-hybridized carbons (Fsp3) is 0.583. The molecule has 0 bridgehead atoms. The van der Waals surface area contributed by atoms with Crippen LogP contribution in [0, 0.1) is 13.8 Å². The lowest BCUT2D eigenvalue weighted by Crippen LogP contribution is -2.06. The molecular formula is C12H19NO2S. The van der Waals surface area contributed by atoms with Crippen LogP contribution in [0.2, 0.25) is 0 Å². The number of Topliss-reactive ketones (excluding diaryl/α,β-unsaturated/α-hetero) is 1. The molecule has 0 fully saturated rings. The van der Waals surface area contributed by atoms with Crippen LogP contribution in [-0.4, -0.2) is 35.6 Å². The van der Waals surface area contributed by atoms with Crippen molar-refractivity contribution < 1.29 is 9.53 Å². The molecule has 0 aromatic carbocycles. The maximum absolute atomic E-state index is 11.9. The minimum atomic E-state index is 0.210. The van der Waals surface area contributed by atoms with E-state index in [1.165, 1.54) is 0 Å². The second kappa shape index (κ2) is 6.11. The van der Waals surface area contributed by atoms with Crippen LogP contribution < -0.4 is 0 Å². The van der Waals surface area contributed by atoms with Crippen molar-refractivity contribution in [2.24, 2.45) is 7.05 Å². The number of carbonyl (C=O) groups excluding carboxylic acids is 1. The van der Waals surface area contributed by atoms with Gasteiger partial charge in [-0.3, -0.25) is 4.79 Å². The fourth-order valence-corrected chi connectivity index (χ4v) is 2.29. The van der Waals surface area contributed by atoms with Crippen LogP contribution in [0.15, 0.2) is 6.07 Å². The molecule has 0 aliphatic rings. The molecule has 90 valence electrons. The molecule has 0 unspecified atom stereocenters. The number of nitrogens with zero attached hydrogens (tertiary/aromatic N) is 1. The van der Waals surface area contributed by atoms with Crippen molar-refractivity contribution in [1.29, 1.82) is 0 Å². The summed E-state index contributed by atoms with van der Waals surface area (Å²) in [5, 5.41) is 0. The molecule has 0 N–H and O–H groups in total. The third-order valence-electron chi connectivity index (χ3n) is 2.74. The topological polar surface area (TPSA) is 31.2 Å². The summed E-state index contributed by atoms with van der Waals surface area (Å²) in [6.07, 6.45) is 0. The third kappa shape index (κ3) is 3.12. The molecule has 1 aromatic rings. The minimum absolute atomic E-state index is 0.210. The van der Waals surface area contributed by atoms with Crippen LogP contribution in [-0.2, 0) is 11.8 Å². The number of thioether (sulfide) groups is 1. The van der Waals surface area contributed by atoms with E-state index in [-0.39, 0.29) is 5.78 Å². The van der Waals surface area contributed by atoms with Crippen LogP contribution in [0.1, 0.15) is 21.7 Å². The Labute approximate surface area is 101 Å². The zero-order chi connectivity index (χ0) is 12.1. The smallest absolute Gasteiger partial charge is 0.174 e. The lowest BCUT2D eigenvalue weighted by Gasteiger charge is -2.02. The van der Waals surface area contributed by atoms with E-state index in [0.29, 0.717) is 12.4 Å². The fourth-order valence-electron chi connectivity index (χ4n) is 1.52. The average Bonchev–Trinajstić information content (AvgIpc) is 2.52. The summed E-state index contributed by atoms with van der Waals surface area (Å²) in [6.45, 7) is 4.70. The molecule has 0 amide bonds. The maximum Gasteiger partial charge on any atom is 0.174 e. The van der Waals surface area contributed by atoms with E-state index in [1.54, 1.807) is 18.9 Å². The number of ketones is 1. The number of methoxy groups -OCH3 is 1. The first-order valence-corrected chi connectivity index (χ1v) is 6.46. The van der Waals surface area contributed by atoms with Crippen LogP contribution in [0.4, 0.5) is 0 Å². The molecule has 0 saturated heterocycles. The van der Waals surface area contributed by atoms with Crippen molar-refractivity contribution in [3.63, 3.8) is 0 Å². The van der Waals surface area contributed by atoms with E-state index in [0.717, 1.165) is 22.7 Å². The van der Waals surface area contributed by atoms with Gasteiger partial charge in [0.15, 0.2) is 5.78 Å². The van der Waals surface area contributed by atoms with Crippen molar-refractivity contribution in [1.82, 2.24) is 4.57 Å². The summed E-state index contributed by atoms with van der Waals surface area (Å²) >= 11 is 1.62. The highest BCUT2D eigenvalue weighted by Crippen LogP contribution is 2.16. The molecule has 16 heavy (non-hydrogen) atoms. The molecule has 0 aliphatic carbocycles. The minimum Gasteiger partial charge on any atom is -0.384 e. The SMILES string of the molecule is COCCSCC(=O)c1cc(C)n(C)c1C. The van der Waals surface area contributed by atoms with Gasteiger partial charge >= 0.3 is 0 Å². The van der Waals surface area contributed by atoms with Crippen LogP contribution in [0.5, 0.6) is 0 Å². The Hall–Kier alpha value is -0.740. The lowest BCUT2D eigenvalue weighted by atomic mass is 10.2. The number of hydrogen-bond acceptors (Lipinski definition) is 3. The van der Waals surface area contributed by atoms with Gasteiger partial charge in [-0.2, -0.15) is 11.8 Å². The van der Waals surface area contributed by atoms with Gasteiger partial charge in [0.2, 0.25) is 0 Å². The third-order valence-corrected chi connectivity index (χ3v) is 3.66. The molecule has 3 nitrogen and oxygen atoms in total. The number of aromatic nitrogens is 1. The molecule has 0 aliphatic heterocycles. The highest BCUT2D eigenvalue weighted by molar-refractivity contribution is 8.00. The van der Waals surface area contributed by atoms with Gasteiger partial charge in [0, 0.05) is 36.9 Å². The molecule has 1 heterocycles. The van der Waals surface area contributed by atoms with Crippen molar-refractivity contribution in [3.8, 4) is 0 Å². The summed E-state index contributed by atoms with van der Waals surface area (Å²) in [7, 11) is 3.66. The van der Waals surface area contributed by atoms with Gasteiger partial charge in [0.25, 0.3) is 0 Å². The molecule has 1 rings (SSSR count). The quantitative estimate of drug-likeness (QED) is 0.565. The first-order valence-electron chi connectivity index (χ1n) is 5.30. The number of ether oxygens (including phenoxy) is 1. The second-order valence-electron chi connectivity index (χ2n) is 3.81. The van der Waals surface area contributed by atoms with Crippen molar-refractivity contribution in [2.75, 3.05) is 25.2 Å². The largest absolute Gasteiger partial charge is 0.384 e. The predicted octanol–water partition coefficient (Wildman–Crippen LogP) is 2.20.